The first-order chi connectivity index (χ1) is 13.0. The summed E-state index contributed by atoms with van der Waals surface area (Å²) < 4.78 is 33.2. The molecule has 0 bridgehead atoms. The van der Waals surface area contributed by atoms with Gasteiger partial charge in [0.05, 0.1) is 17.5 Å². The van der Waals surface area contributed by atoms with Crippen LogP contribution >= 0.6 is 22.9 Å². The fourth-order valence-electron chi connectivity index (χ4n) is 2.62. The molecule has 0 aliphatic heterocycles. The van der Waals surface area contributed by atoms with Crippen LogP contribution in [0.25, 0.3) is 10.2 Å². The first-order valence-electron chi connectivity index (χ1n) is 7.86. The van der Waals surface area contributed by atoms with Crippen molar-refractivity contribution < 1.29 is 18.0 Å². The van der Waals surface area contributed by atoms with E-state index in [4.69, 9.17) is 16.0 Å². The van der Waals surface area contributed by atoms with E-state index in [1.54, 1.807) is 30.3 Å². The quantitative estimate of drug-likeness (QED) is 0.440. The smallest absolute Gasteiger partial charge is 0.260 e. The number of thiazole rings is 1. The summed E-state index contributed by atoms with van der Waals surface area (Å²) in [5.41, 5.74) is 0.361. The number of rotatable bonds is 4. The molecule has 8 heteroatoms. The summed E-state index contributed by atoms with van der Waals surface area (Å²) in [6.45, 7) is 0.0856. The number of carbonyl (C=O) groups excluding carboxylic acids is 1. The highest BCUT2D eigenvalue weighted by molar-refractivity contribution is 7.22. The number of furan rings is 1. The van der Waals surface area contributed by atoms with Crippen LogP contribution in [0.3, 0.4) is 0 Å². The Morgan fingerprint density at radius 2 is 2.04 bits per heavy atom. The molecule has 0 saturated heterocycles. The van der Waals surface area contributed by atoms with Gasteiger partial charge in [-0.25, -0.2) is 13.8 Å². The third-order valence-electron chi connectivity index (χ3n) is 3.84. The molecule has 0 aliphatic carbocycles. The van der Waals surface area contributed by atoms with Crippen molar-refractivity contribution in [3.05, 3.63) is 82.8 Å². The summed E-state index contributed by atoms with van der Waals surface area (Å²) in [6, 6.07) is 11.8. The van der Waals surface area contributed by atoms with Gasteiger partial charge < -0.3 is 4.42 Å². The number of halogens is 3. The molecule has 27 heavy (non-hydrogen) atoms. The molecular weight excluding hydrogens is 394 g/mol. The molecule has 2 aromatic carbocycles. The second-order valence-corrected chi connectivity index (χ2v) is 7.16. The van der Waals surface area contributed by atoms with Crippen LogP contribution in [0.4, 0.5) is 13.9 Å². The van der Waals surface area contributed by atoms with Gasteiger partial charge >= 0.3 is 0 Å². The molecule has 0 aliphatic rings. The van der Waals surface area contributed by atoms with Gasteiger partial charge in [0.2, 0.25) is 0 Å². The van der Waals surface area contributed by atoms with E-state index in [0.29, 0.717) is 21.0 Å². The van der Waals surface area contributed by atoms with Crippen LogP contribution in [0.5, 0.6) is 0 Å². The summed E-state index contributed by atoms with van der Waals surface area (Å²) in [5, 5.41) is 0.645. The molecule has 0 unspecified atom stereocenters. The zero-order chi connectivity index (χ0) is 19.0. The highest BCUT2D eigenvalue weighted by Gasteiger charge is 2.24. The summed E-state index contributed by atoms with van der Waals surface area (Å²) >= 11 is 7.01. The van der Waals surface area contributed by atoms with E-state index < -0.39 is 11.6 Å². The number of nitrogens with zero attached hydrogens (tertiary/aromatic N) is 2. The van der Waals surface area contributed by atoms with Crippen LogP contribution < -0.4 is 4.90 Å². The number of anilines is 1. The number of aromatic nitrogens is 1. The van der Waals surface area contributed by atoms with Gasteiger partial charge in [-0.2, -0.15) is 0 Å². The maximum absolute atomic E-state index is 14.0. The Labute approximate surface area is 161 Å². The van der Waals surface area contributed by atoms with Crippen LogP contribution in [0.1, 0.15) is 16.1 Å². The average molecular weight is 405 g/mol. The number of amides is 1. The second-order valence-electron chi connectivity index (χ2n) is 5.71. The van der Waals surface area contributed by atoms with Gasteiger partial charge in [0, 0.05) is 16.7 Å². The van der Waals surface area contributed by atoms with E-state index in [9.17, 15) is 13.6 Å². The van der Waals surface area contributed by atoms with Crippen molar-refractivity contribution in [1.82, 2.24) is 4.98 Å². The zero-order valence-electron chi connectivity index (χ0n) is 13.7. The minimum absolute atomic E-state index is 0.0136. The molecule has 136 valence electrons. The van der Waals surface area contributed by atoms with Crippen molar-refractivity contribution in [2.75, 3.05) is 4.90 Å². The lowest BCUT2D eigenvalue weighted by Crippen LogP contribution is -2.30. The Kier molecular flexibility index (Phi) is 4.63. The van der Waals surface area contributed by atoms with Crippen LogP contribution in [-0.4, -0.2) is 10.9 Å². The molecule has 0 saturated carbocycles. The summed E-state index contributed by atoms with van der Waals surface area (Å²) in [4.78, 5) is 18.6. The Morgan fingerprint density at radius 3 is 2.78 bits per heavy atom. The maximum Gasteiger partial charge on any atom is 0.260 e. The average Bonchev–Trinajstić information content (AvgIpc) is 3.28. The van der Waals surface area contributed by atoms with Crippen LogP contribution in [0.2, 0.25) is 5.02 Å². The van der Waals surface area contributed by atoms with Crippen molar-refractivity contribution in [3.8, 4) is 0 Å². The van der Waals surface area contributed by atoms with Crippen LogP contribution in [0.15, 0.2) is 59.2 Å². The molecule has 1 amide bonds. The molecule has 0 radical (unpaired) electrons. The monoisotopic (exact) mass is 404 g/mol. The fraction of sp³-hybridized carbons (Fsp3) is 0.0526. The predicted octanol–water partition coefficient (Wildman–Crippen LogP) is 5.67. The van der Waals surface area contributed by atoms with Gasteiger partial charge in [-0.15, -0.1) is 0 Å². The van der Waals surface area contributed by atoms with Gasteiger partial charge in [-0.3, -0.25) is 9.69 Å². The summed E-state index contributed by atoms with van der Waals surface area (Å²) in [5.74, 6) is -1.33. The van der Waals surface area contributed by atoms with E-state index in [1.807, 2.05) is 0 Å². The highest BCUT2D eigenvalue weighted by atomic mass is 35.5. The largest absolute Gasteiger partial charge is 0.467 e. The summed E-state index contributed by atoms with van der Waals surface area (Å²) in [7, 11) is 0. The molecule has 0 spiro atoms. The van der Waals surface area contributed by atoms with E-state index in [-0.39, 0.29) is 23.1 Å². The van der Waals surface area contributed by atoms with Crippen molar-refractivity contribution in [3.63, 3.8) is 0 Å². The third-order valence-corrected chi connectivity index (χ3v) is 5.10. The van der Waals surface area contributed by atoms with Crippen LogP contribution in [-0.2, 0) is 6.54 Å². The molecular formula is C19H11ClF2N2O2S. The fourth-order valence-corrected chi connectivity index (χ4v) is 3.82. The lowest BCUT2D eigenvalue weighted by molar-refractivity contribution is 0.0983. The normalized spacial score (nSPS) is 11.1. The highest BCUT2D eigenvalue weighted by Crippen LogP contribution is 2.33. The maximum atomic E-state index is 14.0. The van der Waals surface area contributed by atoms with Gasteiger partial charge in [-0.1, -0.05) is 29.0 Å². The third kappa shape index (κ3) is 3.56. The Bertz CT molecular complexity index is 1130. The Hall–Kier alpha value is -2.77. The number of benzene rings is 2. The van der Waals surface area contributed by atoms with Gasteiger partial charge in [0.1, 0.15) is 17.1 Å². The standard InChI is InChI=1S/C19H11ClF2N2O2S/c20-12-4-1-3-11(7-12)18(25)24(10-14-5-2-6-26-14)19-23-17-15(22)8-13(21)9-16(17)27-19/h1-9H,10H2. The topological polar surface area (TPSA) is 46.3 Å². The first kappa shape index (κ1) is 17.6. The minimum atomic E-state index is -0.777. The van der Waals surface area contributed by atoms with E-state index in [0.717, 1.165) is 17.4 Å². The van der Waals surface area contributed by atoms with Crippen molar-refractivity contribution in [2.24, 2.45) is 0 Å². The molecule has 4 aromatic rings. The predicted molar refractivity (Wildman–Crippen MR) is 100 cm³/mol. The minimum Gasteiger partial charge on any atom is -0.467 e. The number of fused-ring (bicyclic) bond motifs is 1. The van der Waals surface area contributed by atoms with E-state index in [2.05, 4.69) is 4.98 Å². The molecule has 2 aromatic heterocycles. The van der Waals surface area contributed by atoms with E-state index >= 15 is 0 Å². The molecule has 4 rings (SSSR count). The number of hydrogen-bond donors (Lipinski definition) is 0. The molecule has 2 heterocycles. The Balaban J connectivity index is 1.80. The first-order valence-corrected chi connectivity index (χ1v) is 9.06. The summed E-state index contributed by atoms with van der Waals surface area (Å²) in [6.07, 6.45) is 1.49. The van der Waals surface area contributed by atoms with Gasteiger partial charge in [-0.05, 0) is 36.4 Å². The van der Waals surface area contributed by atoms with Crippen molar-refractivity contribution >= 4 is 44.2 Å². The zero-order valence-corrected chi connectivity index (χ0v) is 15.2. The van der Waals surface area contributed by atoms with Crippen molar-refractivity contribution in [1.29, 1.82) is 0 Å². The van der Waals surface area contributed by atoms with Gasteiger partial charge in [0.15, 0.2) is 10.9 Å². The lowest BCUT2D eigenvalue weighted by atomic mass is 10.2. The number of hydrogen-bond acceptors (Lipinski definition) is 4. The lowest BCUT2D eigenvalue weighted by Gasteiger charge is -2.18. The van der Waals surface area contributed by atoms with Crippen molar-refractivity contribution in [2.45, 2.75) is 6.54 Å². The SMILES string of the molecule is O=C(c1cccc(Cl)c1)N(Cc1ccco1)c1nc2c(F)cc(F)cc2s1. The van der Waals surface area contributed by atoms with Gasteiger partial charge in [0.25, 0.3) is 5.91 Å². The molecule has 0 N–H and O–H groups in total. The molecule has 0 atom stereocenters. The van der Waals surface area contributed by atoms with Crippen LogP contribution in [0, 0.1) is 11.6 Å². The molecule has 0 fully saturated rings. The Morgan fingerprint density at radius 1 is 1.19 bits per heavy atom. The second kappa shape index (κ2) is 7.09. The van der Waals surface area contributed by atoms with E-state index in [1.165, 1.54) is 23.3 Å². The molecule has 4 nitrogen and oxygen atoms in total. The number of carbonyl (C=O) groups is 1.